The molecule has 0 N–H and O–H groups in total. The highest BCUT2D eigenvalue weighted by atomic mass is 16.3. The molecule has 5 aromatic rings. The molecule has 0 fully saturated rings. The van der Waals surface area contributed by atoms with Crippen LogP contribution in [0.5, 0.6) is 0 Å². The Morgan fingerprint density at radius 2 is 1.64 bits per heavy atom. The molecule has 164 valence electrons. The number of benzene rings is 4. The van der Waals surface area contributed by atoms with Crippen molar-refractivity contribution >= 4 is 44.1 Å². The predicted molar refractivity (Wildman–Crippen MR) is 140 cm³/mol. The second-order valence-corrected chi connectivity index (χ2v) is 10.2. The van der Waals surface area contributed by atoms with Crippen molar-refractivity contribution in [2.24, 2.45) is 10.9 Å². The van der Waals surface area contributed by atoms with Gasteiger partial charge in [0.05, 0.1) is 11.4 Å². The topological polar surface area (TPSA) is 25.5 Å². The zero-order valence-electron chi connectivity index (χ0n) is 20.0. The summed E-state index contributed by atoms with van der Waals surface area (Å²) in [5, 5.41) is 4.97. The molecular weight excluding hydrogens is 402 g/mol. The minimum Gasteiger partial charge on any atom is -0.455 e. The first-order valence-electron chi connectivity index (χ1n) is 12.0. The number of aliphatic imine (C=N–C) groups is 1. The molecule has 1 aliphatic rings. The van der Waals surface area contributed by atoms with E-state index in [-0.39, 0.29) is 0 Å². The van der Waals surface area contributed by atoms with Gasteiger partial charge in [-0.1, -0.05) is 58.0 Å². The van der Waals surface area contributed by atoms with Gasteiger partial charge >= 0.3 is 0 Å². The molecule has 4 aromatic carbocycles. The second kappa shape index (κ2) is 7.31. The molecule has 0 unspecified atom stereocenters. The molecule has 0 saturated heterocycles. The summed E-state index contributed by atoms with van der Waals surface area (Å²) in [6.45, 7) is 11.3. The minimum absolute atomic E-state index is 0.451. The average molecular weight is 432 g/mol. The van der Waals surface area contributed by atoms with Crippen LogP contribution >= 0.6 is 0 Å². The third-order valence-corrected chi connectivity index (χ3v) is 6.87. The Morgan fingerprint density at radius 3 is 2.42 bits per heavy atom. The standard InChI is InChI=1S/C31H29NO/c1-17(2)12-20-10-11-27-29-23(20)15-21(18(3)4)16-25(29)30(32-27)26-14-19(5)13-24-22-8-6-7-9-28(22)33-31(24)26/h6-11,13-18H,12H2,1-5H3. The number of aryl methyl sites for hydroxylation is 1. The third-order valence-electron chi connectivity index (χ3n) is 6.87. The van der Waals surface area contributed by atoms with Gasteiger partial charge in [0.15, 0.2) is 0 Å². The van der Waals surface area contributed by atoms with Gasteiger partial charge in [0.2, 0.25) is 0 Å². The Hall–Kier alpha value is -3.39. The molecule has 0 spiro atoms. The lowest BCUT2D eigenvalue weighted by Gasteiger charge is -2.15. The van der Waals surface area contributed by atoms with Crippen LogP contribution in [0.1, 0.15) is 61.4 Å². The first-order valence-corrected chi connectivity index (χ1v) is 12.0. The van der Waals surface area contributed by atoms with E-state index in [1.165, 1.54) is 33.0 Å². The summed E-state index contributed by atoms with van der Waals surface area (Å²) < 4.78 is 6.42. The van der Waals surface area contributed by atoms with Crippen LogP contribution in [-0.2, 0) is 6.42 Å². The van der Waals surface area contributed by atoms with Crippen molar-refractivity contribution in [3.63, 3.8) is 0 Å². The van der Waals surface area contributed by atoms with Gasteiger partial charge in [-0.25, -0.2) is 4.99 Å². The highest BCUT2D eigenvalue weighted by Gasteiger charge is 2.26. The van der Waals surface area contributed by atoms with Gasteiger partial charge in [-0.3, -0.25) is 0 Å². The van der Waals surface area contributed by atoms with Gasteiger partial charge in [-0.15, -0.1) is 0 Å². The van der Waals surface area contributed by atoms with E-state index in [1.807, 2.05) is 6.07 Å². The summed E-state index contributed by atoms with van der Waals surface area (Å²) in [5.74, 6) is 1.06. The van der Waals surface area contributed by atoms with E-state index >= 15 is 0 Å². The molecule has 33 heavy (non-hydrogen) atoms. The molecule has 0 bridgehead atoms. The van der Waals surface area contributed by atoms with Crippen LogP contribution in [0.15, 0.2) is 70.1 Å². The minimum atomic E-state index is 0.451. The fourth-order valence-corrected chi connectivity index (χ4v) is 5.31. The average Bonchev–Trinajstić information content (AvgIpc) is 3.34. The Morgan fingerprint density at radius 1 is 0.818 bits per heavy atom. The summed E-state index contributed by atoms with van der Waals surface area (Å²) in [6.07, 6.45) is 1.07. The van der Waals surface area contributed by atoms with E-state index in [9.17, 15) is 0 Å². The number of furan rings is 1. The van der Waals surface area contributed by atoms with Crippen LogP contribution < -0.4 is 0 Å². The zero-order chi connectivity index (χ0) is 22.9. The van der Waals surface area contributed by atoms with Crippen molar-refractivity contribution in [3.8, 4) is 0 Å². The van der Waals surface area contributed by atoms with E-state index in [4.69, 9.17) is 9.41 Å². The Balaban J connectivity index is 1.66. The smallest absolute Gasteiger partial charge is 0.144 e. The second-order valence-electron chi connectivity index (χ2n) is 10.2. The molecule has 2 nitrogen and oxygen atoms in total. The molecule has 0 saturated carbocycles. The Kier molecular flexibility index (Phi) is 4.48. The van der Waals surface area contributed by atoms with Crippen molar-refractivity contribution in [1.29, 1.82) is 0 Å². The quantitative estimate of drug-likeness (QED) is 0.274. The lowest BCUT2D eigenvalue weighted by atomic mass is 9.88. The number of rotatable bonds is 4. The van der Waals surface area contributed by atoms with Gasteiger partial charge < -0.3 is 4.42 Å². The van der Waals surface area contributed by atoms with Crippen molar-refractivity contribution in [2.45, 2.75) is 47.0 Å². The monoisotopic (exact) mass is 431 g/mol. The number of nitrogens with zero attached hydrogens (tertiary/aromatic N) is 1. The van der Waals surface area contributed by atoms with Crippen LogP contribution in [-0.4, -0.2) is 5.71 Å². The van der Waals surface area contributed by atoms with Crippen LogP contribution in [0.4, 0.5) is 5.69 Å². The number of hydrogen-bond donors (Lipinski definition) is 0. The predicted octanol–water partition coefficient (Wildman–Crippen LogP) is 8.85. The molecule has 2 heteroatoms. The maximum atomic E-state index is 6.42. The van der Waals surface area contributed by atoms with Crippen molar-refractivity contribution in [2.75, 3.05) is 0 Å². The number of fused-ring (bicyclic) bond motifs is 3. The SMILES string of the molecule is Cc1cc(C2=Nc3ccc(CC(C)C)c4cc(C(C)C)cc2c34)c2oc3ccccc3c2c1. The van der Waals surface area contributed by atoms with Crippen molar-refractivity contribution in [1.82, 2.24) is 0 Å². The summed E-state index contributed by atoms with van der Waals surface area (Å²) in [4.78, 5) is 5.21. The molecule has 0 atom stereocenters. The molecule has 2 heterocycles. The van der Waals surface area contributed by atoms with E-state index in [0.717, 1.165) is 45.3 Å². The van der Waals surface area contributed by atoms with Gasteiger partial charge in [0.25, 0.3) is 0 Å². The zero-order valence-corrected chi connectivity index (χ0v) is 20.0. The fourth-order valence-electron chi connectivity index (χ4n) is 5.31. The lowest BCUT2D eigenvalue weighted by molar-refractivity contribution is 0.650. The molecule has 1 aromatic heterocycles. The molecule has 0 radical (unpaired) electrons. The maximum Gasteiger partial charge on any atom is 0.144 e. The van der Waals surface area contributed by atoms with Gasteiger partial charge in [-0.05, 0) is 77.6 Å². The summed E-state index contributed by atoms with van der Waals surface area (Å²) in [7, 11) is 0. The van der Waals surface area contributed by atoms with E-state index in [2.05, 4.69) is 89.2 Å². The van der Waals surface area contributed by atoms with Crippen LogP contribution in [0.3, 0.4) is 0 Å². The first kappa shape index (κ1) is 20.2. The molecule has 0 amide bonds. The van der Waals surface area contributed by atoms with Crippen LogP contribution in [0.2, 0.25) is 0 Å². The fraction of sp³-hybridized carbons (Fsp3) is 0.258. The van der Waals surface area contributed by atoms with Crippen LogP contribution in [0.25, 0.3) is 32.7 Å². The van der Waals surface area contributed by atoms with E-state index in [0.29, 0.717) is 11.8 Å². The molecule has 6 rings (SSSR count). The summed E-state index contributed by atoms with van der Waals surface area (Å²) in [5.41, 5.74) is 10.3. The molecule has 1 aliphatic heterocycles. The molecular formula is C31H29NO. The van der Waals surface area contributed by atoms with E-state index < -0.39 is 0 Å². The Labute approximate surface area is 195 Å². The summed E-state index contributed by atoms with van der Waals surface area (Å²) in [6, 6.07) is 22.0. The third kappa shape index (κ3) is 3.12. The lowest BCUT2D eigenvalue weighted by Crippen LogP contribution is -2.04. The van der Waals surface area contributed by atoms with Gasteiger partial charge in [-0.2, -0.15) is 0 Å². The van der Waals surface area contributed by atoms with Gasteiger partial charge in [0, 0.05) is 27.3 Å². The maximum absolute atomic E-state index is 6.42. The number of para-hydroxylation sites is 1. The largest absolute Gasteiger partial charge is 0.455 e. The number of hydrogen-bond acceptors (Lipinski definition) is 2. The van der Waals surface area contributed by atoms with Crippen molar-refractivity contribution < 1.29 is 4.42 Å². The first-order chi connectivity index (χ1) is 15.9. The highest BCUT2D eigenvalue weighted by molar-refractivity contribution is 6.30. The molecule has 0 aliphatic carbocycles. The van der Waals surface area contributed by atoms with E-state index in [1.54, 1.807) is 0 Å². The van der Waals surface area contributed by atoms with Crippen molar-refractivity contribution in [3.05, 3.63) is 88.5 Å². The van der Waals surface area contributed by atoms with Gasteiger partial charge in [0.1, 0.15) is 11.2 Å². The Bertz CT molecular complexity index is 1600. The highest BCUT2D eigenvalue weighted by Crippen LogP contribution is 2.43. The normalized spacial score (nSPS) is 13.2. The van der Waals surface area contributed by atoms with Crippen LogP contribution in [0, 0.1) is 12.8 Å². The summed E-state index contributed by atoms with van der Waals surface area (Å²) >= 11 is 0.